The highest BCUT2D eigenvalue weighted by Crippen LogP contribution is 2.29. The van der Waals surface area contributed by atoms with Crippen LogP contribution in [0.1, 0.15) is 30.5 Å². The van der Waals surface area contributed by atoms with Crippen molar-refractivity contribution in [2.75, 3.05) is 0 Å². The summed E-state index contributed by atoms with van der Waals surface area (Å²) in [5.74, 6) is 0. The average molecular weight is 371 g/mol. The van der Waals surface area contributed by atoms with Crippen molar-refractivity contribution in [2.24, 2.45) is 0 Å². The number of pyridine rings is 1. The Labute approximate surface area is 122 Å². The number of aromatic amines is 1. The minimum atomic E-state index is 0.189. The molecule has 2 nitrogen and oxygen atoms in total. The number of benzene rings is 1. The third-order valence-corrected chi connectivity index (χ3v) is 4.92. The number of nitrogens with one attached hydrogen (secondary N) is 1. The van der Waals surface area contributed by atoms with E-state index in [9.17, 15) is 4.79 Å². The largest absolute Gasteiger partial charge is 0.357 e. The van der Waals surface area contributed by atoms with E-state index >= 15 is 0 Å². The first-order valence-corrected chi connectivity index (χ1v) is 7.79. The summed E-state index contributed by atoms with van der Waals surface area (Å²) in [4.78, 5) is 16.1. The molecule has 0 spiro atoms. The van der Waals surface area contributed by atoms with Gasteiger partial charge in [0.1, 0.15) is 0 Å². The van der Waals surface area contributed by atoms with E-state index in [4.69, 9.17) is 0 Å². The minimum Gasteiger partial charge on any atom is -0.357 e. The van der Waals surface area contributed by atoms with Gasteiger partial charge in [0.05, 0.1) is 10.9 Å². The Balaban J connectivity index is 2.42. The van der Waals surface area contributed by atoms with Crippen molar-refractivity contribution < 1.29 is 0 Å². The molecule has 1 aliphatic carbocycles. The molecule has 0 radical (unpaired) electrons. The van der Waals surface area contributed by atoms with Gasteiger partial charge in [0.15, 0.2) is 5.43 Å². The van der Waals surface area contributed by atoms with Gasteiger partial charge in [-0.3, -0.25) is 4.79 Å². The van der Waals surface area contributed by atoms with Gasteiger partial charge in [-0.2, -0.15) is 0 Å². The summed E-state index contributed by atoms with van der Waals surface area (Å²) in [6, 6.07) is 3.89. The minimum absolute atomic E-state index is 0.189. The van der Waals surface area contributed by atoms with Crippen LogP contribution in [-0.4, -0.2) is 4.98 Å². The number of aromatic nitrogens is 1. The number of hydrogen-bond donors (Lipinski definition) is 1. The molecule has 1 aromatic carbocycles. The standard InChI is InChI=1S/C14H13Br2NO/c15-9-6-7-10(16)13-12(9)14(18)8-4-2-1-3-5-11(8)17-13/h6-7H,1-5H2,(H,17,18). The second-order valence-electron chi connectivity index (χ2n) is 4.75. The summed E-state index contributed by atoms with van der Waals surface area (Å²) in [6.45, 7) is 0. The monoisotopic (exact) mass is 369 g/mol. The second-order valence-corrected chi connectivity index (χ2v) is 6.46. The van der Waals surface area contributed by atoms with Crippen molar-refractivity contribution in [1.82, 2.24) is 4.98 Å². The van der Waals surface area contributed by atoms with Crippen molar-refractivity contribution in [3.8, 4) is 0 Å². The lowest BCUT2D eigenvalue weighted by atomic mass is 10.0. The highest BCUT2D eigenvalue weighted by Gasteiger charge is 2.17. The zero-order valence-electron chi connectivity index (χ0n) is 9.85. The van der Waals surface area contributed by atoms with Crippen LogP contribution in [0.3, 0.4) is 0 Å². The van der Waals surface area contributed by atoms with E-state index in [0.29, 0.717) is 0 Å². The number of aryl methyl sites for hydroxylation is 1. The number of halogens is 2. The van der Waals surface area contributed by atoms with Gasteiger partial charge in [-0.05, 0) is 69.7 Å². The average Bonchev–Trinajstić information content (AvgIpc) is 2.59. The molecule has 0 aliphatic heterocycles. The lowest BCUT2D eigenvalue weighted by Crippen LogP contribution is -2.14. The van der Waals surface area contributed by atoms with Gasteiger partial charge < -0.3 is 4.98 Å². The van der Waals surface area contributed by atoms with Gasteiger partial charge in [-0.15, -0.1) is 0 Å². The topological polar surface area (TPSA) is 32.9 Å². The number of fused-ring (bicyclic) bond motifs is 2. The zero-order chi connectivity index (χ0) is 12.7. The van der Waals surface area contributed by atoms with E-state index in [1.807, 2.05) is 12.1 Å². The predicted octanol–water partition coefficient (Wildman–Crippen LogP) is 4.32. The lowest BCUT2D eigenvalue weighted by Gasteiger charge is -2.10. The van der Waals surface area contributed by atoms with Gasteiger partial charge in [-0.1, -0.05) is 6.42 Å². The second kappa shape index (κ2) is 4.82. The van der Waals surface area contributed by atoms with Gasteiger partial charge in [0, 0.05) is 20.2 Å². The highest BCUT2D eigenvalue weighted by molar-refractivity contribution is 9.11. The number of H-pyrrole nitrogens is 1. The Morgan fingerprint density at radius 3 is 2.56 bits per heavy atom. The van der Waals surface area contributed by atoms with E-state index < -0.39 is 0 Å². The quantitative estimate of drug-likeness (QED) is 0.688. The molecular formula is C14H13Br2NO. The number of rotatable bonds is 0. The Morgan fingerprint density at radius 1 is 1.00 bits per heavy atom. The summed E-state index contributed by atoms with van der Waals surface area (Å²) in [5, 5.41) is 0.769. The maximum absolute atomic E-state index is 12.6. The van der Waals surface area contributed by atoms with E-state index in [1.165, 1.54) is 12.8 Å². The maximum Gasteiger partial charge on any atom is 0.194 e. The molecule has 0 saturated carbocycles. The first kappa shape index (κ1) is 12.4. The van der Waals surface area contributed by atoms with Crippen LogP contribution in [0.2, 0.25) is 0 Å². The fraction of sp³-hybridized carbons (Fsp3) is 0.357. The molecule has 94 valence electrons. The van der Waals surface area contributed by atoms with Gasteiger partial charge >= 0.3 is 0 Å². The van der Waals surface area contributed by atoms with Crippen molar-refractivity contribution in [3.63, 3.8) is 0 Å². The van der Waals surface area contributed by atoms with E-state index in [-0.39, 0.29) is 5.43 Å². The van der Waals surface area contributed by atoms with Crippen molar-refractivity contribution in [1.29, 1.82) is 0 Å². The van der Waals surface area contributed by atoms with Crippen LogP contribution in [-0.2, 0) is 12.8 Å². The van der Waals surface area contributed by atoms with Crippen LogP contribution in [0.4, 0.5) is 0 Å². The first-order chi connectivity index (χ1) is 8.68. The molecule has 0 bridgehead atoms. The molecule has 1 aromatic heterocycles. The van der Waals surface area contributed by atoms with Crippen LogP contribution >= 0.6 is 31.9 Å². The van der Waals surface area contributed by atoms with Crippen LogP contribution in [0.5, 0.6) is 0 Å². The molecule has 3 rings (SSSR count). The van der Waals surface area contributed by atoms with Crippen LogP contribution in [0, 0.1) is 0 Å². The predicted molar refractivity (Wildman–Crippen MR) is 81.2 cm³/mol. The Bertz CT molecular complexity index is 676. The fourth-order valence-corrected chi connectivity index (χ4v) is 3.61. The molecule has 2 aromatic rings. The molecule has 0 amide bonds. The summed E-state index contributed by atoms with van der Waals surface area (Å²) in [5.41, 5.74) is 3.21. The van der Waals surface area contributed by atoms with Gasteiger partial charge in [0.2, 0.25) is 0 Å². The molecule has 4 heteroatoms. The van der Waals surface area contributed by atoms with E-state index in [1.54, 1.807) is 0 Å². The van der Waals surface area contributed by atoms with Gasteiger partial charge in [-0.25, -0.2) is 0 Å². The summed E-state index contributed by atoms with van der Waals surface area (Å²) in [6.07, 6.45) is 5.38. The third-order valence-electron chi connectivity index (χ3n) is 3.60. The lowest BCUT2D eigenvalue weighted by molar-refractivity contribution is 0.708. The molecule has 0 fully saturated rings. The van der Waals surface area contributed by atoms with Crippen molar-refractivity contribution in [2.45, 2.75) is 32.1 Å². The Kier molecular flexibility index (Phi) is 3.32. The highest BCUT2D eigenvalue weighted by atomic mass is 79.9. The Hall–Kier alpha value is -0.610. The number of hydrogen-bond acceptors (Lipinski definition) is 1. The SMILES string of the molecule is O=c1c2c([nH]c3c(Br)ccc(Br)c13)CCCCC2. The van der Waals surface area contributed by atoms with Gasteiger partial charge in [0.25, 0.3) is 0 Å². The molecule has 18 heavy (non-hydrogen) atoms. The smallest absolute Gasteiger partial charge is 0.194 e. The summed E-state index contributed by atoms with van der Waals surface area (Å²) >= 11 is 7.01. The van der Waals surface area contributed by atoms with E-state index in [2.05, 4.69) is 36.8 Å². The molecule has 0 unspecified atom stereocenters. The van der Waals surface area contributed by atoms with Crippen LogP contribution in [0.25, 0.3) is 10.9 Å². The van der Waals surface area contributed by atoms with Crippen LogP contribution < -0.4 is 5.43 Å². The molecular weight excluding hydrogens is 358 g/mol. The molecule has 1 aliphatic rings. The fourth-order valence-electron chi connectivity index (χ4n) is 2.67. The normalized spacial score (nSPS) is 15.4. The van der Waals surface area contributed by atoms with Crippen LogP contribution in [0.15, 0.2) is 25.9 Å². The molecule has 0 atom stereocenters. The molecule has 1 heterocycles. The van der Waals surface area contributed by atoms with Crippen molar-refractivity contribution >= 4 is 42.8 Å². The summed E-state index contributed by atoms with van der Waals surface area (Å²) in [7, 11) is 0. The zero-order valence-corrected chi connectivity index (χ0v) is 13.0. The summed E-state index contributed by atoms with van der Waals surface area (Å²) < 4.78 is 1.82. The van der Waals surface area contributed by atoms with E-state index in [0.717, 1.165) is 50.4 Å². The molecule has 0 saturated heterocycles. The maximum atomic E-state index is 12.6. The Morgan fingerprint density at radius 2 is 1.72 bits per heavy atom. The first-order valence-electron chi connectivity index (χ1n) is 6.20. The third kappa shape index (κ3) is 1.95. The molecule has 1 N–H and O–H groups in total. The van der Waals surface area contributed by atoms with Crippen molar-refractivity contribution in [3.05, 3.63) is 42.6 Å².